The van der Waals surface area contributed by atoms with Crippen LogP contribution >= 0.6 is 0 Å². The van der Waals surface area contributed by atoms with Gasteiger partial charge in [-0.15, -0.1) is 10.2 Å². The van der Waals surface area contributed by atoms with Gasteiger partial charge in [0.05, 0.1) is 84.8 Å². The number of sulfonamides is 2. The maximum Gasteiger partial charge on any atom is 0.275 e. The van der Waals surface area contributed by atoms with E-state index in [-0.39, 0.29) is 78.7 Å². The van der Waals surface area contributed by atoms with Crippen LogP contribution in [0.5, 0.6) is 11.5 Å². The maximum atomic E-state index is 13.6. The Labute approximate surface area is 505 Å². The monoisotopic (exact) mass is 1260 g/mol. The van der Waals surface area contributed by atoms with Crippen molar-refractivity contribution >= 4 is 43.6 Å². The number of aliphatic hydroxyl groups excluding tert-OH is 5. The Hall–Kier alpha value is -6.56. The van der Waals surface area contributed by atoms with Gasteiger partial charge in [-0.1, -0.05) is 31.8 Å². The SMILES string of the molecule is CCCc1c(/C=N/OCCO)c(C)c2c(=O)[nH]c(-c3cc(S(=O)(=O)N4CCN(CCO)CC4)ccc3OCC)nn12.CCCc1c(C=O)c(C)c2c(=O)[nH]c(-c3cc(S(=O)(=O)N4CCN(CCO)CC4)ccc3OCC)nn12.CCO.NOCCO.O. The number of benzene rings is 2. The highest BCUT2D eigenvalue weighted by atomic mass is 32.2. The van der Waals surface area contributed by atoms with Gasteiger partial charge in [-0.3, -0.25) is 24.2 Å². The number of aromatic amines is 2. The summed E-state index contributed by atoms with van der Waals surface area (Å²) in [5.41, 5.74) is 4.27. The molecule has 11 N–H and O–H groups in total. The van der Waals surface area contributed by atoms with Crippen molar-refractivity contribution in [1.29, 1.82) is 0 Å². The Bertz CT molecular complexity index is 3540. The van der Waals surface area contributed by atoms with Crippen LogP contribution < -0.4 is 26.5 Å². The van der Waals surface area contributed by atoms with Crippen molar-refractivity contribution in [3.05, 3.63) is 90.7 Å². The summed E-state index contributed by atoms with van der Waals surface area (Å²) in [4.78, 5) is 57.1. The highest BCUT2D eigenvalue weighted by Crippen LogP contribution is 2.34. The molecule has 6 heterocycles. The first-order chi connectivity index (χ1) is 41.3. The number of aryl methyl sites for hydroxylation is 4. The second-order valence-electron chi connectivity index (χ2n) is 19.5. The fourth-order valence-corrected chi connectivity index (χ4v) is 12.7. The van der Waals surface area contributed by atoms with Gasteiger partial charge < -0.3 is 60.1 Å². The number of aliphatic hydroxyl groups is 5. The van der Waals surface area contributed by atoms with E-state index in [4.69, 9.17) is 39.8 Å². The number of β-amino-alcohol motifs (C(OH)–C–C–N with tert-alkyl or cyclic N) is 2. The highest BCUT2D eigenvalue weighted by Gasteiger charge is 2.32. The van der Waals surface area contributed by atoms with Crippen LogP contribution in [0.3, 0.4) is 0 Å². The summed E-state index contributed by atoms with van der Waals surface area (Å²) >= 11 is 0. The van der Waals surface area contributed by atoms with Crippen molar-refractivity contribution in [1.82, 2.24) is 47.6 Å². The maximum absolute atomic E-state index is 13.6. The van der Waals surface area contributed by atoms with E-state index in [2.05, 4.69) is 31.0 Å². The Balaban J connectivity index is 0.000000329. The number of hydrogen-bond donors (Lipinski definition) is 8. The average molecular weight is 1260 g/mol. The Morgan fingerprint density at radius 3 is 1.37 bits per heavy atom. The molecule has 87 heavy (non-hydrogen) atoms. The lowest BCUT2D eigenvalue weighted by atomic mass is 10.1. The van der Waals surface area contributed by atoms with Crippen molar-refractivity contribution in [3.63, 3.8) is 0 Å². The molecule has 6 aromatic rings. The van der Waals surface area contributed by atoms with Gasteiger partial charge in [0.1, 0.15) is 29.1 Å². The summed E-state index contributed by atoms with van der Waals surface area (Å²) in [6, 6.07) is 9.12. The molecule has 2 aliphatic rings. The number of oxime groups is 1. The third kappa shape index (κ3) is 17.8. The first-order valence-electron chi connectivity index (χ1n) is 28.6. The van der Waals surface area contributed by atoms with E-state index in [0.717, 1.165) is 24.8 Å². The Morgan fingerprint density at radius 2 is 1.02 bits per heavy atom. The number of piperazine rings is 2. The summed E-state index contributed by atoms with van der Waals surface area (Å²) in [7, 11) is -7.66. The van der Waals surface area contributed by atoms with Crippen molar-refractivity contribution in [2.75, 3.05) is 125 Å². The molecular formula is C56H86N12O17S2. The van der Waals surface area contributed by atoms with Gasteiger partial charge in [0.2, 0.25) is 20.0 Å². The van der Waals surface area contributed by atoms with Crippen molar-refractivity contribution in [2.24, 2.45) is 11.1 Å². The lowest BCUT2D eigenvalue weighted by Gasteiger charge is -2.33. The molecule has 0 spiro atoms. The Morgan fingerprint density at radius 1 is 0.621 bits per heavy atom. The molecule has 2 aromatic carbocycles. The van der Waals surface area contributed by atoms with Crippen LogP contribution in [-0.4, -0.2) is 233 Å². The second kappa shape index (κ2) is 35.4. The minimum Gasteiger partial charge on any atom is -0.493 e. The van der Waals surface area contributed by atoms with Crippen LogP contribution in [0.25, 0.3) is 33.8 Å². The molecule has 0 unspecified atom stereocenters. The molecule has 2 fully saturated rings. The summed E-state index contributed by atoms with van der Waals surface area (Å²) in [6.07, 6.45) is 4.93. The fraction of sp³-hybridized carbons (Fsp3) is 0.536. The van der Waals surface area contributed by atoms with Crippen LogP contribution in [-0.2, 0) is 42.6 Å². The number of nitrogens with two attached hydrogens (primary N) is 1. The van der Waals surface area contributed by atoms with Crippen molar-refractivity contribution in [2.45, 2.75) is 83.9 Å². The van der Waals surface area contributed by atoms with Gasteiger partial charge in [-0.25, -0.2) is 31.8 Å². The van der Waals surface area contributed by atoms with E-state index in [1.54, 1.807) is 37.4 Å². The van der Waals surface area contributed by atoms with Gasteiger partial charge in [0.15, 0.2) is 17.9 Å². The van der Waals surface area contributed by atoms with Crippen molar-refractivity contribution < 1.29 is 71.8 Å². The summed E-state index contributed by atoms with van der Waals surface area (Å²) in [5.74, 6) is 5.57. The largest absolute Gasteiger partial charge is 0.493 e. The van der Waals surface area contributed by atoms with E-state index in [1.807, 2.05) is 37.5 Å². The number of hydrogen-bond acceptors (Lipinski definition) is 22. The minimum absolute atomic E-state index is 0. The number of rotatable bonds is 25. The topological polar surface area (TPSA) is 407 Å². The normalized spacial score (nSPS) is 14.4. The van der Waals surface area contributed by atoms with Crippen LogP contribution in [0.15, 0.2) is 60.9 Å². The predicted octanol–water partition coefficient (Wildman–Crippen LogP) is 0.494. The molecule has 0 saturated carbocycles. The van der Waals surface area contributed by atoms with Gasteiger partial charge in [0, 0.05) is 83.2 Å². The average Bonchev–Trinajstić information content (AvgIpc) is 1.81. The Kier molecular flexibility index (Phi) is 29.7. The molecule has 0 radical (unpaired) electrons. The number of H-pyrrole nitrogens is 2. The highest BCUT2D eigenvalue weighted by molar-refractivity contribution is 7.89. The van der Waals surface area contributed by atoms with Crippen LogP contribution in [0.4, 0.5) is 0 Å². The second-order valence-corrected chi connectivity index (χ2v) is 23.4. The third-order valence-electron chi connectivity index (χ3n) is 13.9. The molecule has 0 amide bonds. The standard InChI is InChI=1S/C27H38N6O7S.C25H33N5O6S.C2H7NO2.C2H6O.H2O/c1-4-6-23-22(18-28-40-16-15-35)19(3)25-27(36)29-26(30-33(23)25)21-17-20(7-8-24(21)39-5-2)41(37,38)32-11-9-31(10-12-32)13-14-34;1-4-6-21-20(16-32)17(3)23-25(33)26-24(27-30(21)23)19-15-18(7-8-22(19)36-5-2)37(34,35)29-11-9-28(10-12-29)13-14-31;3-5-2-1-4;1-2-3;/h7-8,17-18,34-35H,4-6,9-16H2,1-3H3,(H,29,30,36);7-8,15-16,31H,4-6,9-14H2,1-3H3,(H,26,27,33);4H,1-3H2;3H,2H2,1H3;1H2/b28-18+;;;;. The number of aromatic nitrogens is 6. The van der Waals surface area contributed by atoms with Gasteiger partial charge in [0.25, 0.3) is 11.1 Å². The molecule has 8 rings (SSSR count). The third-order valence-corrected chi connectivity index (χ3v) is 17.7. The molecule has 0 atom stereocenters. The fourth-order valence-electron chi connectivity index (χ4n) is 9.84. The number of ether oxygens (including phenoxy) is 2. The predicted molar refractivity (Wildman–Crippen MR) is 326 cm³/mol. The van der Waals surface area contributed by atoms with Crippen molar-refractivity contribution in [3.8, 4) is 34.3 Å². The van der Waals surface area contributed by atoms with E-state index >= 15 is 0 Å². The smallest absolute Gasteiger partial charge is 0.275 e. The number of nitrogens with zero attached hydrogens (tertiary/aromatic N) is 9. The molecular weight excluding hydrogens is 1180 g/mol. The van der Waals surface area contributed by atoms with Gasteiger partial charge in [-0.2, -0.15) is 8.61 Å². The number of nitrogens with one attached hydrogen (secondary N) is 2. The molecule has 2 aliphatic heterocycles. The van der Waals surface area contributed by atoms with Gasteiger partial charge in [-0.05, 0) is 95.0 Å². The molecule has 0 bridgehead atoms. The zero-order valence-electron chi connectivity index (χ0n) is 50.5. The summed E-state index contributed by atoms with van der Waals surface area (Å²) in [5, 5.41) is 56.1. The van der Waals surface area contributed by atoms with Gasteiger partial charge >= 0.3 is 0 Å². The first kappa shape index (κ1) is 72.9. The zero-order chi connectivity index (χ0) is 63.1. The number of aldehydes is 1. The minimum atomic E-state index is -3.84. The van der Waals surface area contributed by atoms with E-state index in [9.17, 15) is 36.3 Å². The summed E-state index contributed by atoms with van der Waals surface area (Å²) < 4.78 is 71.7. The van der Waals surface area contributed by atoms with E-state index in [0.29, 0.717) is 148 Å². The van der Waals surface area contributed by atoms with Crippen LogP contribution in [0, 0.1) is 13.8 Å². The van der Waals surface area contributed by atoms with E-state index < -0.39 is 31.2 Å². The quantitative estimate of drug-likeness (QED) is 0.0167. The number of carbonyl (C=O) groups excluding carboxylic acids is 1. The molecule has 0 aliphatic carbocycles. The molecule has 31 heteroatoms. The zero-order valence-corrected chi connectivity index (χ0v) is 52.2. The lowest BCUT2D eigenvalue weighted by Crippen LogP contribution is -2.49. The number of fused-ring (bicyclic) bond motifs is 2. The molecule has 2 saturated heterocycles. The number of carbonyl (C=O) groups is 1. The lowest BCUT2D eigenvalue weighted by molar-refractivity contribution is 0.0938. The van der Waals surface area contributed by atoms with Crippen LogP contribution in [0.1, 0.15) is 85.9 Å². The first-order valence-corrected chi connectivity index (χ1v) is 31.5. The summed E-state index contributed by atoms with van der Waals surface area (Å²) in [6.45, 7) is 18.2. The molecule has 484 valence electrons. The van der Waals surface area contributed by atoms with E-state index in [1.165, 1.54) is 43.6 Å². The molecule has 29 nitrogen and oxygen atoms in total. The molecule has 4 aromatic heterocycles. The van der Waals surface area contributed by atoms with Crippen LogP contribution in [0.2, 0.25) is 0 Å².